The van der Waals surface area contributed by atoms with Crippen LogP contribution in [0.3, 0.4) is 0 Å². The second kappa shape index (κ2) is 26.3. The quantitative estimate of drug-likeness (QED) is 0.138. The summed E-state index contributed by atoms with van der Waals surface area (Å²) >= 11 is 0. The molecule has 1 atom stereocenters. The van der Waals surface area contributed by atoms with Crippen LogP contribution >= 0.6 is 0 Å². The lowest BCUT2D eigenvalue weighted by Gasteiger charge is -2.28. The zero-order valence-corrected chi connectivity index (χ0v) is 59.5. The van der Waals surface area contributed by atoms with E-state index in [2.05, 4.69) is 126 Å². The van der Waals surface area contributed by atoms with E-state index in [0.717, 1.165) is 70.7 Å². The fraction of sp³-hybridized carbons (Fsp3) is 0.457. The molecule has 0 spiro atoms. The minimum Gasteiger partial charge on any atom is -0.452 e. The number of fused-ring (bicyclic) bond motifs is 7. The normalized spacial score (nSPS) is 20.1. The van der Waals surface area contributed by atoms with Crippen molar-refractivity contribution in [2.75, 3.05) is 90.2 Å². The number of nitrogens with zero attached hydrogens (tertiary/aromatic N) is 14. The molecular formula is C70H92N14O7S2. The molecule has 23 heteroatoms. The van der Waals surface area contributed by atoms with Crippen molar-refractivity contribution in [3.63, 3.8) is 0 Å². The van der Waals surface area contributed by atoms with Crippen molar-refractivity contribution in [3.05, 3.63) is 173 Å². The van der Waals surface area contributed by atoms with Gasteiger partial charge >= 0.3 is 6.09 Å². The van der Waals surface area contributed by atoms with Gasteiger partial charge in [-0.25, -0.2) is 47.3 Å². The Morgan fingerprint density at radius 2 is 0.892 bits per heavy atom. The maximum absolute atomic E-state index is 12.0. The molecule has 7 aromatic heterocycles. The number of ether oxygens (including phenoxy) is 1. The van der Waals surface area contributed by atoms with E-state index in [1.54, 1.807) is 83.9 Å². The maximum atomic E-state index is 12.0. The summed E-state index contributed by atoms with van der Waals surface area (Å²) in [5.41, 5.74) is 9.03. The standard InChI is InChI=1S/C11H14N2O2.C11H14N2O.C10H12N2O.2C10H14N2.C9H12N2O2S.C9H12N2OS/c1-11(2)7-13(10(14)15-3)9-8(11)5-4-6-12-9;1-8(14)13-7-11(2,3)9-5-4-6-12-10(9)13;1-10(2)7-5-4-6-11-8(7)12(3)9(10)13;1-10(2)7-12(3)9-8(10)5-4-6-11-9;1-10(2)8-5-4-6-11-9(8)7-12(10)3;1-9(2)7-5-4-6-10-8(7)11(3)14(9,12)13;1-9(2)7-5-4-6-10-8(7)11(3)13(9)12/h4-6H,7H2,1-3H3;4-6H,7H2,1-3H3;4-6H,1-3H3;2*4-6H,7H2,1-3H3;4-6H,1-3H3;4-6H,1-3H3. The summed E-state index contributed by atoms with van der Waals surface area (Å²) in [4.78, 5) is 73.9. The monoisotopic (exact) mass is 1300 g/mol. The number of rotatable bonds is 0. The third kappa shape index (κ3) is 13.3. The van der Waals surface area contributed by atoms with Crippen LogP contribution in [0.15, 0.2) is 128 Å². The number of pyridine rings is 7. The van der Waals surface area contributed by atoms with Crippen LogP contribution in [0.1, 0.15) is 148 Å². The first kappa shape index (κ1) is 70.6. The Labute approximate surface area is 552 Å². The zero-order valence-electron chi connectivity index (χ0n) is 57.9. The summed E-state index contributed by atoms with van der Waals surface area (Å²) in [6.07, 6.45) is 11.8. The smallest absolute Gasteiger partial charge is 0.415 e. The minimum absolute atomic E-state index is 0.0231. The topological polar surface area (TPSA) is 225 Å². The zero-order chi connectivity index (χ0) is 68.8. The summed E-state index contributed by atoms with van der Waals surface area (Å²) < 4.78 is 42.3. The highest BCUT2D eigenvalue weighted by Gasteiger charge is 2.49. The van der Waals surface area contributed by atoms with Gasteiger partial charge in [0.25, 0.3) is 0 Å². The van der Waals surface area contributed by atoms with Crippen LogP contribution < -0.4 is 28.2 Å². The first-order chi connectivity index (χ1) is 43.3. The van der Waals surface area contributed by atoms with Crippen LogP contribution in [0.2, 0.25) is 0 Å². The number of sulfonamides is 1. The van der Waals surface area contributed by atoms with E-state index >= 15 is 0 Å². The molecule has 7 aromatic rings. The lowest BCUT2D eigenvalue weighted by molar-refractivity contribution is -0.121. The van der Waals surface area contributed by atoms with Gasteiger partial charge in [0, 0.05) is 160 Å². The molecule has 7 aliphatic heterocycles. The van der Waals surface area contributed by atoms with Crippen molar-refractivity contribution >= 4 is 73.8 Å². The molecule has 21 nitrogen and oxygen atoms in total. The lowest BCUT2D eigenvalue weighted by Crippen LogP contribution is -2.34. The van der Waals surface area contributed by atoms with Crippen LogP contribution in [0.5, 0.6) is 0 Å². The lowest BCUT2D eigenvalue weighted by atomic mass is 9.87. The molecule has 0 saturated carbocycles. The van der Waals surface area contributed by atoms with Crippen molar-refractivity contribution in [3.8, 4) is 0 Å². The molecule has 0 aromatic carbocycles. The Balaban J connectivity index is 0.000000140. The summed E-state index contributed by atoms with van der Waals surface area (Å²) in [5, 5.41) is 0. The van der Waals surface area contributed by atoms with Crippen LogP contribution in [0, 0.1) is 0 Å². The van der Waals surface area contributed by atoms with E-state index in [1.807, 2.05) is 114 Å². The highest BCUT2D eigenvalue weighted by atomic mass is 32.2. The summed E-state index contributed by atoms with van der Waals surface area (Å²) in [6, 6.07) is 27.5. The Morgan fingerprint density at radius 1 is 0.495 bits per heavy atom. The fourth-order valence-corrected chi connectivity index (χ4v) is 15.6. The van der Waals surface area contributed by atoms with Crippen molar-refractivity contribution in [1.82, 2.24) is 39.8 Å². The molecule has 14 heterocycles. The van der Waals surface area contributed by atoms with Gasteiger partial charge < -0.3 is 9.64 Å². The molecule has 93 heavy (non-hydrogen) atoms. The molecule has 0 fully saturated rings. The van der Waals surface area contributed by atoms with Gasteiger partial charge in [0.1, 0.15) is 50.6 Å². The number of carbonyl (C=O) groups is 3. The Hall–Kier alpha value is -8.28. The Morgan fingerprint density at radius 3 is 1.35 bits per heavy atom. The summed E-state index contributed by atoms with van der Waals surface area (Å²) in [7, 11) is 6.45. The predicted octanol–water partition coefficient (Wildman–Crippen LogP) is 11.1. The fourth-order valence-electron chi connectivity index (χ4n) is 12.8. The molecule has 3 amide bonds. The van der Waals surface area contributed by atoms with Gasteiger partial charge in [0.15, 0.2) is 0 Å². The van der Waals surface area contributed by atoms with Crippen molar-refractivity contribution in [2.24, 2.45) is 0 Å². The van der Waals surface area contributed by atoms with E-state index in [9.17, 15) is 27.0 Å². The third-order valence-corrected chi connectivity index (χ3v) is 22.8. The summed E-state index contributed by atoms with van der Waals surface area (Å²) in [6.45, 7) is 33.6. The molecule has 0 saturated heterocycles. The second-order valence-corrected chi connectivity index (χ2v) is 32.6. The number of methoxy groups -OCH3 is 1. The first-order valence-electron chi connectivity index (χ1n) is 31.0. The van der Waals surface area contributed by atoms with Gasteiger partial charge in [-0.2, -0.15) is 0 Å². The Bertz CT molecular complexity index is 4010. The molecule has 0 bridgehead atoms. The third-order valence-electron chi connectivity index (χ3n) is 18.6. The minimum atomic E-state index is -3.29. The highest BCUT2D eigenvalue weighted by Crippen LogP contribution is 2.46. The maximum Gasteiger partial charge on any atom is 0.415 e. The molecule has 0 N–H and O–H groups in total. The van der Waals surface area contributed by atoms with Crippen molar-refractivity contribution in [1.29, 1.82) is 0 Å². The van der Waals surface area contributed by atoms with Gasteiger partial charge in [-0.1, -0.05) is 84.0 Å². The predicted molar refractivity (Wildman–Crippen MR) is 371 cm³/mol. The average molecular weight is 1310 g/mol. The van der Waals surface area contributed by atoms with E-state index in [4.69, 9.17) is 4.74 Å². The first-order valence-corrected chi connectivity index (χ1v) is 33.5. The number of hydrogen-bond acceptors (Lipinski definition) is 16. The van der Waals surface area contributed by atoms with Crippen LogP contribution in [-0.2, 0) is 78.6 Å². The number of anilines is 6. The van der Waals surface area contributed by atoms with Gasteiger partial charge in [0.2, 0.25) is 21.8 Å². The Kier molecular flexibility index (Phi) is 19.9. The van der Waals surface area contributed by atoms with E-state index in [-0.39, 0.29) is 44.4 Å². The molecule has 496 valence electrons. The highest BCUT2D eigenvalue weighted by molar-refractivity contribution is 7.94. The SMILES string of the molecule is CC(=O)N1CC(C)(C)c2cccnc21.CN1C(=O)C(C)(C)c2cccnc21.CN1CC(C)(C)c2cccnc21.CN1Cc2ncccc2C1(C)C.CN1c2ncccc2C(C)(C)S1(=O)=O.CN1c2ncccc2C(C)(C)S1=O.COC(=O)N1CC(C)(C)c2cccnc21. The van der Waals surface area contributed by atoms with E-state index in [0.29, 0.717) is 18.2 Å². The summed E-state index contributed by atoms with van der Waals surface area (Å²) in [5.74, 6) is 5.03. The van der Waals surface area contributed by atoms with Crippen molar-refractivity contribution < 1.29 is 31.7 Å². The number of likely N-dealkylation sites (N-methyl/N-ethyl adjacent to an activating group) is 2. The number of carbonyl (C=O) groups excluding carboxylic acids is 3. The van der Waals surface area contributed by atoms with Crippen LogP contribution in [-0.4, -0.2) is 132 Å². The van der Waals surface area contributed by atoms with E-state index < -0.39 is 31.2 Å². The average Bonchev–Trinajstić information content (AvgIpc) is 1.57. The largest absolute Gasteiger partial charge is 0.452 e. The molecule has 1 unspecified atom stereocenters. The van der Waals surface area contributed by atoms with Crippen molar-refractivity contribution in [2.45, 2.75) is 147 Å². The molecular weight excluding hydrogens is 1210 g/mol. The van der Waals surface area contributed by atoms with Gasteiger partial charge in [-0.05, 0) is 110 Å². The van der Waals surface area contributed by atoms with Crippen LogP contribution in [0.25, 0.3) is 0 Å². The van der Waals surface area contributed by atoms with E-state index in [1.165, 1.54) is 35.3 Å². The molecule has 14 rings (SSSR count). The second-order valence-electron chi connectivity index (χ2n) is 28.1. The van der Waals surface area contributed by atoms with Crippen LogP contribution in [0.4, 0.5) is 39.7 Å². The van der Waals surface area contributed by atoms with Gasteiger partial charge in [-0.15, -0.1) is 0 Å². The van der Waals surface area contributed by atoms with Gasteiger partial charge in [-0.3, -0.25) is 42.8 Å². The number of aromatic nitrogens is 7. The van der Waals surface area contributed by atoms with Gasteiger partial charge in [0.05, 0.1) is 23.0 Å². The number of hydrogen-bond donors (Lipinski definition) is 0. The molecule has 7 aliphatic rings. The molecule has 0 aliphatic carbocycles. The molecule has 0 radical (unpaired) electrons. The number of amides is 3.